The molecule has 0 aliphatic carbocycles. The lowest BCUT2D eigenvalue weighted by Gasteiger charge is -2.18. The minimum atomic E-state index is -0.0543. The Morgan fingerprint density at radius 2 is 2.04 bits per heavy atom. The second-order valence-corrected chi connectivity index (χ2v) is 6.58. The summed E-state index contributed by atoms with van der Waals surface area (Å²) in [6.07, 6.45) is 0. The van der Waals surface area contributed by atoms with E-state index in [1.54, 1.807) is 13.2 Å². The zero-order chi connectivity index (χ0) is 18.9. The first-order chi connectivity index (χ1) is 12.5. The molecular formula is C20H25ClN2O3. The van der Waals surface area contributed by atoms with Gasteiger partial charge in [-0.15, -0.1) is 0 Å². The fourth-order valence-electron chi connectivity index (χ4n) is 2.58. The highest BCUT2D eigenvalue weighted by molar-refractivity contribution is 6.30. The molecule has 0 saturated carbocycles. The summed E-state index contributed by atoms with van der Waals surface area (Å²) >= 11 is 6.04. The first-order valence-corrected chi connectivity index (χ1v) is 8.83. The van der Waals surface area contributed by atoms with Crippen molar-refractivity contribution in [2.75, 3.05) is 33.9 Å². The van der Waals surface area contributed by atoms with Crippen LogP contribution in [0.2, 0.25) is 5.02 Å². The van der Waals surface area contributed by atoms with Gasteiger partial charge in [-0.3, -0.25) is 9.69 Å². The molecule has 0 bridgehead atoms. The van der Waals surface area contributed by atoms with Crippen molar-refractivity contribution in [2.45, 2.75) is 13.5 Å². The van der Waals surface area contributed by atoms with Crippen LogP contribution in [-0.4, -0.2) is 44.7 Å². The minimum absolute atomic E-state index is 0.0543. The predicted octanol–water partition coefficient (Wildman–Crippen LogP) is 3.28. The van der Waals surface area contributed by atoms with E-state index in [-0.39, 0.29) is 12.5 Å². The summed E-state index contributed by atoms with van der Waals surface area (Å²) in [6, 6.07) is 13.3. The van der Waals surface area contributed by atoms with Crippen LogP contribution in [0.4, 0.5) is 0 Å². The van der Waals surface area contributed by atoms with Crippen LogP contribution in [0, 0.1) is 6.92 Å². The van der Waals surface area contributed by atoms with Crippen LogP contribution < -0.4 is 14.8 Å². The molecular weight excluding hydrogens is 352 g/mol. The number of amides is 1. The number of methoxy groups -OCH3 is 1. The SMILES string of the molecule is COc1ccc(Cl)cc1CN(C)CC(=O)NCCOc1cccc(C)c1. The van der Waals surface area contributed by atoms with Gasteiger partial charge in [-0.25, -0.2) is 0 Å². The van der Waals surface area contributed by atoms with Gasteiger partial charge >= 0.3 is 0 Å². The fourth-order valence-corrected chi connectivity index (χ4v) is 2.78. The molecule has 0 saturated heterocycles. The van der Waals surface area contributed by atoms with E-state index in [0.717, 1.165) is 22.6 Å². The molecule has 0 heterocycles. The van der Waals surface area contributed by atoms with Crippen molar-refractivity contribution in [3.8, 4) is 11.5 Å². The second-order valence-electron chi connectivity index (χ2n) is 6.14. The Kier molecular flexibility index (Phi) is 7.75. The van der Waals surface area contributed by atoms with Gasteiger partial charge in [0, 0.05) is 17.1 Å². The molecule has 0 aromatic heterocycles. The van der Waals surface area contributed by atoms with Crippen LogP contribution in [0.3, 0.4) is 0 Å². The Morgan fingerprint density at radius 1 is 1.23 bits per heavy atom. The molecule has 0 radical (unpaired) electrons. The molecule has 6 heteroatoms. The highest BCUT2D eigenvalue weighted by Crippen LogP contribution is 2.23. The number of aryl methyl sites for hydroxylation is 1. The summed E-state index contributed by atoms with van der Waals surface area (Å²) in [5.74, 6) is 1.51. The van der Waals surface area contributed by atoms with Crippen LogP contribution in [0.15, 0.2) is 42.5 Å². The number of hydrogen-bond donors (Lipinski definition) is 1. The van der Waals surface area contributed by atoms with Crippen LogP contribution in [0.25, 0.3) is 0 Å². The predicted molar refractivity (Wildman–Crippen MR) is 104 cm³/mol. The topological polar surface area (TPSA) is 50.8 Å². The maximum atomic E-state index is 12.1. The molecule has 0 unspecified atom stereocenters. The Balaban J connectivity index is 1.73. The van der Waals surface area contributed by atoms with Gasteiger partial charge in [0.25, 0.3) is 0 Å². The van der Waals surface area contributed by atoms with E-state index in [2.05, 4.69) is 5.32 Å². The largest absolute Gasteiger partial charge is 0.496 e. The number of carbonyl (C=O) groups excluding carboxylic acids is 1. The Labute approximate surface area is 159 Å². The van der Waals surface area contributed by atoms with Gasteiger partial charge < -0.3 is 14.8 Å². The third kappa shape index (κ3) is 6.58. The van der Waals surface area contributed by atoms with E-state index < -0.39 is 0 Å². The van der Waals surface area contributed by atoms with Gasteiger partial charge in [-0.1, -0.05) is 23.7 Å². The molecule has 0 aliphatic heterocycles. The molecule has 140 valence electrons. The van der Waals surface area contributed by atoms with E-state index >= 15 is 0 Å². The minimum Gasteiger partial charge on any atom is -0.496 e. The molecule has 26 heavy (non-hydrogen) atoms. The smallest absolute Gasteiger partial charge is 0.234 e. The third-order valence-corrected chi connectivity index (χ3v) is 4.01. The number of nitrogens with one attached hydrogen (secondary N) is 1. The summed E-state index contributed by atoms with van der Waals surface area (Å²) in [5.41, 5.74) is 2.09. The van der Waals surface area contributed by atoms with E-state index in [4.69, 9.17) is 21.1 Å². The Morgan fingerprint density at radius 3 is 2.77 bits per heavy atom. The van der Waals surface area contributed by atoms with Crippen molar-refractivity contribution < 1.29 is 14.3 Å². The lowest BCUT2D eigenvalue weighted by molar-refractivity contribution is -0.122. The molecule has 1 N–H and O–H groups in total. The molecule has 1 amide bonds. The standard InChI is InChI=1S/C20H25ClN2O3/c1-15-5-4-6-18(11-15)26-10-9-22-20(24)14-23(2)13-16-12-17(21)7-8-19(16)25-3/h4-8,11-12H,9-10,13-14H2,1-3H3,(H,22,24). The lowest BCUT2D eigenvalue weighted by Crippen LogP contribution is -2.36. The Bertz CT molecular complexity index is 737. The molecule has 0 atom stereocenters. The van der Waals surface area contributed by atoms with Gasteiger partial charge in [0.05, 0.1) is 20.2 Å². The number of nitrogens with zero attached hydrogens (tertiary/aromatic N) is 1. The first kappa shape index (κ1) is 20.1. The number of ether oxygens (including phenoxy) is 2. The summed E-state index contributed by atoms with van der Waals surface area (Å²) < 4.78 is 11.0. The average molecular weight is 377 g/mol. The van der Waals surface area contributed by atoms with Crippen LogP contribution >= 0.6 is 11.6 Å². The maximum Gasteiger partial charge on any atom is 0.234 e. The second kappa shape index (κ2) is 10.0. The quantitative estimate of drug-likeness (QED) is 0.682. The summed E-state index contributed by atoms with van der Waals surface area (Å²) in [7, 11) is 3.50. The van der Waals surface area contributed by atoms with Gasteiger partial charge in [0.1, 0.15) is 18.1 Å². The normalized spacial score (nSPS) is 10.7. The van der Waals surface area contributed by atoms with Crippen LogP contribution in [0.1, 0.15) is 11.1 Å². The van der Waals surface area contributed by atoms with Crippen molar-refractivity contribution in [1.29, 1.82) is 0 Å². The zero-order valence-corrected chi connectivity index (χ0v) is 16.2. The summed E-state index contributed by atoms with van der Waals surface area (Å²) in [6.45, 7) is 3.75. The van der Waals surface area contributed by atoms with E-state index in [0.29, 0.717) is 24.7 Å². The monoisotopic (exact) mass is 376 g/mol. The molecule has 0 aliphatic rings. The number of halogens is 1. The van der Waals surface area contributed by atoms with Gasteiger partial charge in [-0.2, -0.15) is 0 Å². The van der Waals surface area contributed by atoms with Crippen molar-refractivity contribution in [2.24, 2.45) is 0 Å². The number of benzene rings is 2. The maximum absolute atomic E-state index is 12.1. The lowest BCUT2D eigenvalue weighted by atomic mass is 10.2. The Hall–Kier alpha value is -2.24. The molecule has 0 spiro atoms. The van der Waals surface area contributed by atoms with E-state index in [9.17, 15) is 4.79 Å². The third-order valence-electron chi connectivity index (χ3n) is 3.78. The van der Waals surface area contributed by atoms with Crippen LogP contribution in [0.5, 0.6) is 11.5 Å². The molecule has 5 nitrogen and oxygen atoms in total. The van der Waals surface area contributed by atoms with E-state index in [1.165, 1.54) is 0 Å². The summed E-state index contributed by atoms with van der Waals surface area (Å²) in [4.78, 5) is 14.0. The highest BCUT2D eigenvalue weighted by atomic mass is 35.5. The average Bonchev–Trinajstić information content (AvgIpc) is 2.59. The molecule has 0 fully saturated rings. The summed E-state index contributed by atoms with van der Waals surface area (Å²) in [5, 5.41) is 3.51. The van der Waals surface area contributed by atoms with E-state index in [1.807, 2.05) is 55.3 Å². The number of carbonyl (C=O) groups is 1. The number of likely N-dealkylation sites (N-methyl/N-ethyl adjacent to an activating group) is 1. The van der Waals surface area contributed by atoms with Gasteiger partial charge in [-0.05, 0) is 49.9 Å². The first-order valence-electron chi connectivity index (χ1n) is 8.45. The zero-order valence-electron chi connectivity index (χ0n) is 15.4. The van der Waals surface area contributed by atoms with Crippen molar-refractivity contribution >= 4 is 17.5 Å². The molecule has 2 aromatic carbocycles. The van der Waals surface area contributed by atoms with Crippen molar-refractivity contribution in [3.63, 3.8) is 0 Å². The fraction of sp³-hybridized carbons (Fsp3) is 0.350. The number of rotatable bonds is 9. The number of hydrogen-bond acceptors (Lipinski definition) is 4. The van der Waals surface area contributed by atoms with Crippen LogP contribution in [-0.2, 0) is 11.3 Å². The molecule has 2 aromatic rings. The van der Waals surface area contributed by atoms with Crippen molar-refractivity contribution in [3.05, 3.63) is 58.6 Å². The van der Waals surface area contributed by atoms with Gasteiger partial charge in [0.15, 0.2) is 0 Å². The molecule has 2 rings (SSSR count). The highest BCUT2D eigenvalue weighted by Gasteiger charge is 2.10. The van der Waals surface area contributed by atoms with Crippen molar-refractivity contribution in [1.82, 2.24) is 10.2 Å². The van der Waals surface area contributed by atoms with Gasteiger partial charge in [0.2, 0.25) is 5.91 Å².